The molecule has 0 heterocycles. The summed E-state index contributed by atoms with van der Waals surface area (Å²) in [6.07, 6.45) is 3.35. The largest absolute Gasteiger partial charge is 0.496 e. The molecule has 5 heteroatoms. The van der Waals surface area contributed by atoms with Crippen LogP contribution in [0.3, 0.4) is 0 Å². The third kappa shape index (κ3) is 3.16. The minimum absolute atomic E-state index is 0.0392. The first-order chi connectivity index (χ1) is 14.2. The minimum atomic E-state index is -0.277. The zero-order chi connectivity index (χ0) is 21.7. The lowest BCUT2D eigenvalue weighted by molar-refractivity contribution is -0.0731. The Morgan fingerprint density at radius 3 is 2.63 bits per heavy atom. The summed E-state index contributed by atoms with van der Waals surface area (Å²) < 4.78 is 5.66. The van der Waals surface area contributed by atoms with Gasteiger partial charge in [-0.05, 0) is 77.8 Å². The predicted octanol–water partition coefficient (Wildman–Crippen LogP) is 4.53. The van der Waals surface area contributed by atoms with Gasteiger partial charge in [0.15, 0.2) is 0 Å². The number of nitrogens with two attached hydrogens (primary N) is 1. The molecule has 0 unspecified atom stereocenters. The molecular formula is C25H32N2O3. The van der Waals surface area contributed by atoms with Crippen LogP contribution in [-0.4, -0.2) is 24.2 Å². The van der Waals surface area contributed by atoms with Crippen molar-refractivity contribution in [1.82, 2.24) is 0 Å². The number of hydrogen-bond donors (Lipinski definition) is 3. The number of aliphatic hydroxyl groups excluding tert-OH is 1. The Morgan fingerprint density at radius 2 is 1.93 bits per heavy atom. The van der Waals surface area contributed by atoms with Crippen molar-refractivity contribution in [3.8, 4) is 5.75 Å². The van der Waals surface area contributed by atoms with Gasteiger partial charge in [-0.25, -0.2) is 0 Å². The Balaban J connectivity index is 1.73. The maximum absolute atomic E-state index is 13.1. The topological polar surface area (TPSA) is 84.6 Å². The van der Waals surface area contributed by atoms with Crippen LogP contribution >= 0.6 is 0 Å². The average molecular weight is 409 g/mol. The van der Waals surface area contributed by atoms with Gasteiger partial charge in [0.25, 0.3) is 5.91 Å². The normalized spacial score (nSPS) is 27.0. The number of anilines is 2. The molecule has 1 saturated carbocycles. The van der Waals surface area contributed by atoms with E-state index >= 15 is 0 Å². The van der Waals surface area contributed by atoms with Crippen LogP contribution in [-0.2, 0) is 11.8 Å². The van der Waals surface area contributed by atoms with E-state index < -0.39 is 0 Å². The number of fused-ring (bicyclic) bond motifs is 3. The fourth-order valence-corrected chi connectivity index (χ4v) is 5.86. The second kappa shape index (κ2) is 7.31. The van der Waals surface area contributed by atoms with Crippen LogP contribution in [0.4, 0.5) is 11.4 Å². The SMILES string of the molecule is COc1cc2c(cc1C(=O)Nc1ccccc1N)CC[C@H]1C(C)(C)[C@@H](O)CC[C@]21C. The molecule has 0 spiro atoms. The third-order valence-electron chi connectivity index (χ3n) is 7.66. The monoisotopic (exact) mass is 408 g/mol. The smallest absolute Gasteiger partial charge is 0.259 e. The van der Waals surface area contributed by atoms with E-state index in [1.54, 1.807) is 19.2 Å². The van der Waals surface area contributed by atoms with Crippen molar-refractivity contribution in [3.05, 3.63) is 53.1 Å². The molecule has 2 aromatic carbocycles. The van der Waals surface area contributed by atoms with E-state index in [1.165, 1.54) is 11.1 Å². The fourth-order valence-electron chi connectivity index (χ4n) is 5.86. The van der Waals surface area contributed by atoms with Gasteiger partial charge in [-0.3, -0.25) is 4.79 Å². The molecule has 0 radical (unpaired) electrons. The van der Waals surface area contributed by atoms with Crippen LogP contribution < -0.4 is 15.8 Å². The van der Waals surface area contributed by atoms with Crippen molar-refractivity contribution in [1.29, 1.82) is 0 Å². The first-order valence-electron chi connectivity index (χ1n) is 10.7. The number of benzene rings is 2. The lowest BCUT2D eigenvalue weighted by atomic mass is 9.49. The van der Waals surface area contributed by atoms with E-state index in [2.05, 4.69) is 32.2 Å². The van der Waals surface area contributed by atoms with Crippen molar-refractivity contribution in [2.45, 2.75) is 58.0 Å². The molecule has 4 rings (SSSR count). The minimum Gasteiger partial charge on any atom is -0.496 e. The van der Waals surface area contributed by atoms with Gasteiger partial charge in [0.1, 0.15) is 5.75 Å². The Bertz CT molecular complexity index is 984. The summed E-state index contributed by atoms with van der Waals surface area (Å²) in [5, 5.41) is 13.5. The van der Waals surface area contributed by atoms with Crippen molar-refractivity contribution >= 4 is 17.3 Å². The Labute approximate surface area is 178 Å². The molecule has 0 bridgehead atoms. The average Bonchev–Trinajstić information content (AvgIpc) is 2.72. The van der Waals surface area contributed by atoms with E-state index in [9.17, 15) is 9.90 Å². The number of rotatable bonds is 3. The lowest BCUT2D eigenvalue weighted by Gasteiger charge is -2.56. The van der Waals surface area contributed by atoms with Crippen LogP contribution in [0.25, 0.3) is 0 Å². The molecule has 0 aliphatic heterocycles. The molecule has 1 fully saturated rings. The molecule has 160 valence electrons. The number of aryl methyl sites for hydroxylation is 1. The highest BCUT2D eigenvalue weighted by Crippen LogP contribution is 2.57. The van der Waals surface area contributed by atoms with Crippen LogP contribution in [0, 0.1) is 11.3 Å². The predicted molar refractivity (Wildman–Crippen MR) is 120 cm³/mol. The van der Waals surface area contributed by atoms with Gasteiger partial charge in [0.05, 0.1) is 30.2 Å². The fraction of sp³-hybridized carbons (Fsp3) is 0.480. The molecule has 1 amide bonds. The van der Waals surface area contributed by atoms with Crippen LogP contribution in [0.1, 0.15) is 61.5 Å². The Kier molecular flexibility index (Phi) is 5.05. The molecule has 2 aliphatic carbocycles. The molecule has 4 N–H and O–H groups in total. The second-order valence-corrected chi connectivity index (χ2v) is 9.64. The quantitative estimate of drug-likeness (QED) is 0.652. The van der Waals surface area contributed by atoms with Gasteiger partial charge in [0.2, 0.25) is 0 Å². The maximum Gasteiger partial charge on any atom is 0.259 e. The Hall–Kier alpha value is -2.53. The molecule has 2 aromatic rings. The zero-order valence-corrected chi connectivity index (χ0v) is 18.3. The number of methoxy groups -OCH3 is 1. The number of carbonyl (C=O) groups is 1. The van der Waals surface area contributed by atoms with Gasteiger partial charge in [-0.2, -0.15) is 0 Å². The summed E-state index contributed by atoms with van der Waals surface area (Å²) in [5.41, 5.74) is 9.92. The number of amides is 1. The number of nitrogen functional groups attached to an aromatic ring is 1. The molecule has 2 aliphatic rings. The zero-order valence-electron chi connectivity index (χ0n) is 18.3. The first kappa shape index (κ1) is 20.7. The summed E-state index contributed by atoms with van der Waals surface area (Å²) in [6.45, 7) is 6.69. The van der Waals surface area contributed by atoms with Crippen LogP contribution in [0.15, 0.2) is 36.4 Å². The van der Waals surface area contributed by atoms with Crippen LogP contribution in [0.2, 0.25) is 0 Å². The summed E-state index contributed by atoms with van der Waals surface area (Å²) in [4.78, 5) is 13.1. The van der Waals surface area contributed by atoms with Gasteiger partial charge in [0, 0.05) is 0 Å². The lowest BCUT2D eigenvalue weighted by Crippen LogP contribution is -2.53. The Morgan fingerprint density at radius 1 is 1.20 bits per heavy atom. The molecule has 3 atom stereocenters. The molecule has 5 nitrogen and oxygen atoms in total. The third-order valence-corrected chi connectivity index (χ3v) is 7.66. The first-order valence-corrected chi connectivity index (χ1v) is 10.7. The highest BCUT2D eigenvalue weighted by atomic mass is 16.5. The van der Waals surface area contributed by atoms with E-state index in [0.29, 0.717) is 28.6 Å². The highest BCUT2D eigenvalue weighted by Gasteiger charge is 2.53. The van der Waals surface area contributed by atoms with Gasteiger partial charge >= 0.3 is 0 Å². The maximum atomic E-state index is 13.1. The van der Waals surface area contributed by atoms with Gasteiger partial charge < -0.3 is 20.9 Å². The molecular weight excluding hydrogens is 376 g/mol. The summed E-state index contributed by atoms with van der Waals surface area (Å²) >= 11 is 0. The summed E-state index contributed by atoms with van der Waals surface area (Å²) in [5.74, 6) is 0.737. The second-order valence-electron chi connectivity index (χ2n) is 9.64. The van der Waals surface area contributed by atoms with Gasteiger partial charge in [-0.1, -0.05) is 32.9 Å². The molecule has 30 heavy (non-hydrogen) atoms. The number of nitrogens with one attached hydrogen (secondary N) is 1. The van der Waals surface area contributed by atoms with Crippen LogP contribution in [0.5, 0.6) is 5.75 Å². The van der Waals surface area contributed by atoms with Crippen molar-refractivity contribution in [2.24, 2.45) is 11.3 Å². The standard InChI is InChI=1S/C25H32N2O3/c1-24(2)21-10-9-15-13-16(23(29)27-19-8-6-5-7-18(19)26)20(30-4)14-17(15)25(21,3)12-11-22(24)28/h5-8,13-14,21-22,28H,9-12,26H2,1-4H3,(H,27,29)/t21-,22-,25+/m0/s1. The summed E-state index contributed by atoms with van der Waals surface area (Å²) in [7, 11) is 1.60. The summed E-state index contributed by atoms with van der Waals surface area (Å²) in [6, 6.07) is 11.3. The number of aliphatic hydroxyl groups is 1. The van der Waals surface area contributed by atoms with E-state index in [4.69, 9.17) is 10.5 Å². The van der Waals surface area contributed by atoms with E-state index in [1.807, 2.05) is 18.2 Å². The van der Waals surface area contributed by atoms with Crippen molar-refractivity contribution < 1.29 is 14.6 Å². The van der Waals surface area contributed by atoms with Crippen molar-refractivity contribution in [3.63, 3.8) is 0 Å². The number of hydrogen-bond acceptors (Lipinski definition) is 4. The molecule has 0 saturated heterocycles. The highest BCUT2D eigenvalue weighted by molar-refractivity contribution is 6.07. The van der Waals surface area contributed by atoms with Crippen molar-refractivity contribution in [2.75, 3.05) is 18.2 Å². The van der Waals surface area contributed by atoms with E-state index in [0.717, 1.165) is 25.7 Å². The number of para-hydroxylation sites is 2. The van der Waals surface area contributed by atoms with Gasteiger partial charge in [-0.15, -0.1) is 0 Å². The molecule has 0 aromatic heterocycles. The van der Waals surface area contributed by atoms with E-state index in [-0.39, 0.29) is 22.8 Å². The number of carbonyl (C=O) groups excluding carboxylic acids is 1. The number of ether oxygens (including phenoxy) is 1.